The average Bonchev–Trinajstić information content (AvgIpc) is 1.38. The summed E-state index contributed by atoms with van der Waals surface area (Å²) in [5, 5.41) is 7.71. The topological polar surface area (TPSA) is 23.8 Å². The maximum Gasteiger partial charge on any atom is 0.139 e. The van der Waals surface area contributed by atoms with Gasteiger partial charge in [0.25, 0.3) is 0 Å². The minimum Gasteiger partial charge on any atom is -0.186 e. The molecule has 0 aliphatic carbocycles. The normalized spacial score (nSPS) is 5.40. The Hall–Kier alpha value is 0.230. The van der Waals surface area contributed by atoms with Gasteiger partial charge in [0.1, 0.15) is 11.3 Å². The summed E-state index contributed by atoms with van der Waals surface area (Å²) in [6.45, 7) is 0. The third-order valence-electron chi connectivity index (χ3n) is 0.0816. The fraction of sp³-hybridized carbons (Fsp3) is 0. The Kier molecular flexibility index (Phi) is 2.58. The van der Waals surface area contributed by atoms with Crippen LogP contribution >= 0.6 is 5.47 Å². The molecule has 0 fully saturated rings. The van der Waals surface area contributed by atoms with Crippen LogP contribution in [0.3, 0.4) is 0 Å². The van der Waals surface area contributed by atoms with E-state index in [1.54, 1.807) is 5.81 Å². The molecular weight excluding hydrogens is 121 g/mol. The van der Waals surface area contributed by atoms with E-state index < -0.39 is 5.47 Å². The minimum atomic E-state index is -1.13. The van der Waals surface area contributed by atoms with Crippen molar-refractivity contribution >= 4 is 29.1 Å². The molecule has 0 saturated carbocycles. The third-order valence-corrected chi connectivity index (χ3v) is 0.735. The molecule has 0 bridgehead atoms. The fourth-order valence-corrected chi connectivity index (χ4v) is 0. The Morgan fingerprint density at radius 3 is 1.80 bits per heavy atom. The van der Waals surface area contributed by atoms with Crippen LogP contribution in [0.2, 0.25) is 0 Å². The molecule has 0 N–H and O–H groups in total. The predicted octanol–water partition coefficient (Wildman–Crippen LogP) is 0.873. The summed E-state index contributed by atoms with van der Waals surface area (Å²) in [6.07, 6.45) is 0. The molecule has 0 heterocycles. The highest BCUT2D eigenvalue weighted by Crippen LogP contribution is 1.94. The Balaban J connectivity index is 3.88. The van der Waals surface area contributed by atoms with Crippen molar-refractivity contribution in [1.82, 2.24) is 0 Å². The lowest BCUT2D eigenvalue weighted by molar-refractivity contribution is 1.57. The Bertz CT molecular complexity index is 110. The van der Waals surface area contributed by atoms with Gasteiger partial charge in [0.2, 0.25) is 0 Å². The number of nitriles is 1. The molecule has 0 atom stereocenters. The van der Waals surface area contributed by atoms with Crippen molar-refractivity contribution in [3.05, 3.63) is 0 Å². The standard InChI is InChI=1S/CNPS2/c2-1-3(4)5. The van der Waals surface area contributed by atoms with E-state index in [4.69, 9.17) is 5.26 Å². The van der Waals surface area contributed by atoms with Crippen molar-refractivity contribution in [3.63, 3.8) is 0 Å². The zero-order chi connectivity index (χ0) is 4.28. The summed E-state index contributed by atoms with van der Waals surface area (Å²) in [6, 6.07) is 0. The Labute approximate surface area is 40.7 Å². The van der Waals surface area contributed by atoms with Crippen LogP contribution < -0.4 is 0 Å². The average molecular weight is 121 g/mol. The molecule has 0 aliphatic rings. The molecule has 0 aromatic carbocycles. The fourth-order valence-electron chi connectivity index (χ4n) is 0. The molecule has 26 valence electrons. The quantitative estimate of drug-likeness (QED) is 0.444. The Morgan fingerprint density at radius 1 is 1.60 bits per heavy atom. The van der Waals surface area contributed by atoms with Crippen molar-refractivity contribution in [2.24, 2.45) is 0 Å². The van der Waals surface area contributed by atoms with Crippen LogP contribution in [0.1, 0.15) is 0 Å². The monoisotopic (exact) mass is 121 g/mol. The zero-order valence-electron chi connectivity index (χ0n) is 2.21. The highest BCUT2D eigenvalue weighted by atomic mass is 32.7. The van der Waals surface area contributed by atoms with Crippen LogP contribution in [-0.4, -0.2) is 0 Å². The van der Waals surface area contributed by atoms with E-state index in [-0.39, 0.29) is 0 Å². The van der Waals surface area contributed by atoms with Gasteiger partial charge in [-0.2, -0.15) is 5.26 Å². The molecule has 0 aliphatic heterocycles. The van der Waals surface area contributed by atoms with Gasteiger partial charge in [-0.15, -0.1) is 0 Å². The smallest absolute Gasteiger partial charge is 0.139 e. The number of hydrogen-bond donors (Lipinski definition) is 0. The molecule has 0 unspecified atom stereocenters. The van der Waals surface area contributed by atoms with Crippen LogP contribution in [0.4, 0.5) is 0 Å². The molecule has 0 radical (unpaired) electrons. The van der Waals surface area contributed by atoms with Crippen molar-refractivity contribution in [1.29, 1.82) is 5.26 Å². The van der Waals surface area contributed by atoms with Crippen molar-refractivity contribution in [3.8, 4) is 5.81 Å². The molecule has 0 rings (SSSR count). The summed E-state index contributed by atoms with van der Waals surface area (Å²) >= 11 is 8.60. The second-order valence-corrected chi connectivity index (χ2v) is 3.96. The first-order valence-electron chi connectivity index (χ1n) is 0.812. The Morgan fingerprint density at radius 2 is 1.80 bits per heavy atom. The zero-order valence-corrected chi connectivity index (χ0v) is 4.74. The van der Waals surface area contributed by atoms with Gasteiger partial charge in [-0.25, -0.2) is 0 Å². The van der Waals surface area contributed by atoms with E-state index in [2.05, 4.69) is 23.6 Å². The summed E-state index contributed by atoms with van der Waals surface area (Å²) in [5.74, 6) is 1.72. The number of hydrogen-bond acceptors (Lipinski definition) is 3. The van der Waals surface area contributed by atoms with Crippen LogP contribution in [-0.2, 0) is 23.6 Å². The van der Waals surface area contributed by atoms with Crippen LogP contribution in [0.25, 0.3) is 0 Å². The summed E-state index contributed by atoms with van der Waals surface area (Å²) < 4.78 is 0. The van der Waals surface area contributed by atoms with Gasteiger partial charge in [-0.05, 0) is 23.6 Å². The molecule has 5 heavy (non-hydrogen) atoms. The molecule has 1 nitrogen and oxygen atoms in total. The lowest BCUT2D eigenvalue weighted by Crippen LogP contribution is -1.15. The molecule has 0 saturated heterocycles. The van der Waals surface area contributed by atoms with Gasteiger partial charge in [0.15, 0.2) is 0 Å². The number of rotatable bonds is 0. The van der Waals surface area contributed by atoms with Crippen molar-refractivity contribution < 1.29 is 0 Å². The van der Waals surface area contributed by atoms with E-state index in [1.165, 1.54) is 0 Å². The van der Waals surface area contributed by atoms with Gasteiger partial charge in [-0.3, -0.25) is 0 Å². The minimum absolute atomic E-state index is 1.13. The second kappa shape index (κ2) is 2.47. The summed E-state index contributed by atoms with van der Waals surface area (Å²) in [5.41, 5.74) is -1.13. The van der Waals surface area contributed by atoms with Crippen LogP contribution in [0.5, 0.6) is 0 Å². The van der Waals surface area contributed by atoms with Crippen LogP contribution in [0.15, 0.2) is 0 Å². The van der Waals surface area contributed by atoms with Crippen molar-refractivity contribution in [2.75, 3.05) is 0 Å². The third kappa shape index (κ3) is 4.23. The first kappa shape index (κ1) is 5.23. The first-order chi connectivity index (χ1) is 2.27. The maximum atomic E-state index is 7.71. The highest BCUT2D eigenvalue weighted by Gasteiger charge is 1.56. The molecule has 0 aromatic heterocycles. The van der Waals surface area contributed by atoms with Gasteiger partial charge < -0.3 is 0 Å². The lowest BCUT2D eigenvalue weighted by Gasteiger charge is -1.40. The lowest BCUT2D eigenvalue weighted by atomic mass is 11.8. The van der Waals surface area contributed by atoms with Crippen molar-refractivity contribution in [2.45, 2.75) is 0 Å². The highest BCUT2D eigenvalue weighted by molar-refractivity contribution is 8.26. The van der Waals surface area contributed by atoms with Gasteiger partial charge >= 0.3 is 0 Å². The molecule has 0 amide bonds. The van der Waals surface area contributed by atoms with E-state index in [0.717, 1.165) is 0 Å². The molecular formula is CNPS2. The van der Waals surface area contributed by atoms with E-state index in [0.29, 0.717) is 0 Å². The molecule has 0 spiro atoms. The SMILES string of the molecule is N#CP(=S)=S. The van der Waals surface area contributed by atoms with E-state index >= 15 is 0 Å². The number of nitrogens with zero attached hydrogens (tertiary/aromatic N) is 1. The predicted molar refractivity (Wildman–Crippen MR) is 27.3 cm³/mol. The molecule has 4 heteroatoms. The van der Waals surface area contributed by atoms with E-state index in [9.17, 15) is 0 Å². The maximum absolute atomic E-state index is 7.71. The van der Waals surface area contributed by atoms with Gasteiger partial charge in [0.05, 0.1) is 0 Å². The molecule has 0 aromatic rings. The second-order valence-electron chi connectivity index (χ2n) is 0.357. The van der Waals surface area contributed by atoms with E-state index in [1.807, 2.05) is 0 Å². The largest absolute Gasteiger partial charge is 0.186 e. The van der Waals surface area contributed by atoms with Gasteiger partial charge in [0, 0.05) is 0 Å². The summed E-state index contributed by atoms with van der Waals surface area (Å²) in [7, 11) is 0. The van der Waals surface area contributed by atoms with Crippen LogP contribution in [0, 0.1) is 11.1 Å². The first-order valence-corrected chi connectivity index (χ1v) is 4.18. The summed E-state index contributed by atoms with van der Waals surface area (Å²) in [4.78, 5) is 0. The van der Waals surface area contributed by atoms with Gasteiger partial charge in [-0.1, -0.05) is 0 Å².